The quantitative estimate of drug-likeness (QED) is 0.877. The Bertz CT molecular complexity index is 592. The molecule has 6 nitrogen and oxygen atoms in total. The van der Waals surface area contributed by atoms with Gasteiger partial charge in [-0.25, -0.2) is 18.4 Å². The molecule has 1 N–H and O–H groups in total. The van der Waals surface area contributed by atoms with E-state index in [9.17, 15) is 8.42 Å². The number of rotatable bonds is 5. The molecule has 1 aliphatic heterocycles. The minimum absolute atomic E-state index is 0.510. The molecule has 0 bridgehead atoms. The maximum Gasteiger partial charge on any atom is 0.169 e. The number of hydrogen-bond acceptors (Lipinski definition) is 7. The number of nitrogens with one attached hydrogen (secondary N) is 1. The Morgan fingerprint density at radius 3 is 2.90 bits per heavy atom. The van der Waals surface area contributed by atoms with Gasteiger partial charge in [-0.15, -0.1) is 0 Å². The zero-order valence-electron chi connectivity index (χ0n) is 12.7. The first-order chi connectivity index (χ1) is 9.95. The standard InChI is InChI=1S/C13H22N4O2S2/c1-4-5-14-12-10(2)13(16-9-15-12)17-6-7-20-8-11(17)21(3,18)19/h9,11H,4-8H2,1-3H3,(H,14,15,16). The molecule has 0 aliphatic carbocycles. The first kappa shape index (κ1) is 16.4. The van der Waals surface area contributed by atoms with Crippen LogP contribution in [0.2, 0.25) is 0 Å². The van der Waals surface area contributed by atoms with Crippen LogP contribution in [-0.2, 0) is 9.84 Å². The third kappa shape index (κ3) is 3.79. The molecule has 0 amide bonds. The molecule has 1 atom stereocenters. The van der Waals surface area contributed by atoms with Gasteiger partial charge < -0.3 is 10.2 Å². The van der Waals surface area contributed by atoms with Gasteiger partial charge >= 0.3 is 0 Å². The highest BCUT2D eigenvalue weighted by Gasteiger charge is 2.33. The van der Waals surface area contributed by atoms with Crippen molar-refractivity contribution in [2.45, 2.75) is 25.6 Å². The van der Waals surface area contributed by atoms with E-state index >= 15 is 0 Å². The molecular formula is C13H22N4O2S2. The van der Waals surface area contributed by atoms with E-state index in [0.717, 1.165) is 35.9 Å². The van der Waals surface area contributed by atoms with Crippen molar-refractivity contribution in [2.24, 2.45) is 0 Å². The number of hydrogen-bond donors (Lipinski definition) is 1. The molecule has 2 rings (SSSR count). The fraction of sp³-hybridized carbons (Fsp3) is 0.692. The summed E-state index contributed by atoms with van der Waals surface area (Å²) in [6.45, 7) is 5.55. The third-order valence-electron chi connectivity index (χ3n) is 3.45. The molecule has 1 aliphatic rings. The average molecular weight is 330 g/mol. The molecule has 0 spiro atoms. The Morgan fingerprint density at radius 2 is 2.24 bits per heavy atom. The lowest BCUT2D eigenvalue weighted by molar-refractivity contribution is 0.583. The van der Waals surface area contributed by atoms with E-state index in [1.54, 1.807) is 11.8 Å². The Kier molecular flexibility index (Phi) is 5.32. The third-order valence-corrected chi connectivity index (χ3v) is 6.09. The van der Waals surface area contributed by atoms with E-state index < -0.39 is 15.2 Å². The SMILES string of the molecule is CCCNc1ncnc(N2CCSCC2S(C)(=O)=O)c1C. The molecule has 8 heteroatoms. The minimum Gasteiger partial charge on any atom is -0.370 e. The summed E-state index contributed by atoms with van der Waals surface area (Å²) < 4.78 is 24.0. The van der Waals surface area contributed by atoms with Gasteiger partial charge in [0, 0.05) is 36.4 Å². The monoisotopic (exact) mass is 330 g/mol. The largest absolute Gasteiger partial charge is 0.370 e. The highest BCUT2D eigenvalue weighted by Crippen LogP contribution is 2.29. The lowest BCUT2D eigenvalue weighted by atomic mass is 10.2. The van der Waals surface area contributed by atoms with Crippen LogP contribution in [0.3, 0.4) is 0 Å². The van der Waals surface area contributed by atoms with E-state index in [-0.39, 0.29) is 0 Å². The van der Waals surface area contributed by atoms with Gasteiger partial charge in [0.05, 0.1) is 0 Å². The number of sulfone groups is 1. The summed E-state index contributed by atoms with van der Waals surface area (Å²) >= 11 is 1.67. The second kappa shape index (κ2) is 6.83. The summed E-state index contributed by atoms with van der Waals surface area (Å²) in [5.41, 5.74) is 0.909. The predicted molar refractivity (Wildman–Crippen MR) is 88.9 cm³/mol. The highest BCUT2D eigenvalue weighted by molar-refractivity contribution is 8.01. The van der Waals surface area contributed by atoms with Gasteiger partial charge in [0.2, 0.25) is 0 Å². The van der Waals surface area contributed by atoms with Gasteiger partial charge in [0.15, 0.2) is 9.84 Å². The van der Waals surface area contributed by atoms with Gasteiger partial charge in [-0.05, 0) is 13.3 Å². The van der Waals surface area contributed by atoms with Crippen LogP contribution < -0.4 is 10.2 Å². The van der Waals surface area contributed by atoms with Gasteiger partial charge in [0.25, 0.3) is 0 Å². The Balaban J connectivity index is 2.35. The van der Waals surface area contributed by atoms with E-state index in [0.29, 0.717) is 12.3 Å². The Morgan fingerprint density at radius 1 is 1.48 bits per heavy atom. The van der Waals surface area contributed by atoms with Crippen molar-refractivity contribution in [3.05, 3.63) is 11.9 Å². The molecule has 1 fully saturated rings. The zero-order chi connectivity index (χ0) is 15.5. The van der Waals surface area contributed by atoms with Crippen molar-refractivity contribution in [2.75, 3.05) is 41.1 Å². The smallest absolute Gasteiger partial charge is 0.169 e. The van der Waals surface area contributed by atoms with Crippen molar-refractivity contribution in [3.8, 4) is 0 Å². The minimum atomic E-state index is -3.15. The Labute approximate surface area is 130 Å². The van der Waals surface area contributed by atoms with Gasteiger partial charge in [-0.3, -0.25) is 0 Å². The van der Waals surface area contributed by atoms with Crippen molar-refractivity contribution in [1.29, 1.82) is 0 Å². The maximum atomic E-state index is 12.0. The molecular weight excluding hydrogens is 308 g/mol. The molecule has 0 radical (unpaired) electrons. The molecule has 0 saturated carbocycles. The van der Waals surface area contributed by atoms with Crippen LogP contribution in [0.1, 0.15) is 18.9 Å². The summed E-state index contributed by atoms with van der Waals surface area (Å²) in [5.74, 6) is 3.00. The fourth-order valence-electron chi connectivity index (χ4n) is 2.33. The lowest BCUT2D eigenvalue weighted by Crippen LogP contribution is -2.47. The first-order valence-electron chi connectivity index (χ1n) is 7.04. The average Bonchev–Trinajstić information content (AvgIpc) is 2.45. The lowest BCUT2D eigenvalue weighted by Gasteiger charge is -2.35. The zero-order valence-corrected chi connectivity index (χ0v) is 14.3. The molecule has 1 saturated heterocycles. The van der Waals surface area contributed by atoms with Crippen LogP contribution in [0, 0.1) is 6.92 Å². The van der Waals surface area contributed by atoms with Crippen molar-refractivity contribution >= 4 is 33.2 Å². The second-order valence-corrected chi connectivity index (χ2v) is 8.50. The molecule has 118 valence electrons. The molecule has 2 heterocycles. The first-order valence-corrected chi connectivity index (χ1v) is 10.1. The Hall–Kier alpha value is -1.02. The van der Waals surface area contributed by atoms with Crippen LogP contribution in [-0.4, -0.2) is 54.6 Å². The van der Waals surface area contributed by atoms with Crippen LogP contribution in [0.5, 0.6) is 0 Å². The van der Waals surface area contributed by atoms with Gasteiger partial charge in [-0.1, -0.05) is 6.92 Å². The normalized spacial score (nSPS) is 19.6. The summed E-state index contributed by atoms with van der Waals surface area (Å²) in [4.78, 5) is 10.5. The molecule has 0 aromatic carbocycles. The van der Waals surface area contributed by atoms with E-state index in [1.807, 2.05) is 11.8 Å². The van der Waals surface area contributed by atoms with Crippen molar-refractivity contribution < 1.29 is 8.42 Å². The van der Waals surface area contributed by atoms with Crippen LogP contribution in [0.15, 0.2) is 6.33 Å². The highest BCUT2D eigenvalue weighted by atomic mass is 32.2. The van der Waals surface area contributed by atoms with Crippen LogP contribution >= 0.6 is 11.8 Å². The number of nitrogens with zero attached hydrogens (tertiary/aromatic N) is 3. The summed E-state index contributed by atoms with van der Waals surface area (Å²) in [6, 6.07) is 0. The van der Waals surface area contributed by atoms with Crippen molar-refractivity contribution in [1.82, 2.24) is 9.97 Å². The summed E-state index contributed by atoms with van der Waals surface area (Å²) in [7, 11) is -3.15. The number of aromatic nitrogens is 2. The van der Waals surface area contributed by atoms with E-state index in [1.165, 1.54) is 12.6 Å². The van der Waals surface area contributed by atoms with Gasteiger partial charge in [0.1, 0.15) is 23.3 Å². The van der Waals surface area contributed by atoms with E-state index in [2.05, 4.69) is 22.2 Å². The molecule has 1 unspecified atom stereocenters. The fourth-order valence-corrected chi connectivity index (χ4v) is 5.15. The van der Waals surface area contributed by atoms with E-state index in [4.69, 9.17) is 0 Å². The summed E-state index contributed by atoms with van der Waals surface area (Å²) in [5, 5.41) is 2.75. The topological polar surface area (TPSA) is 75.2 Å². The number of thioether (sulfide) groups is 1. The predicted octanol–water partition coefficient (Wildman–Crippen LogP) is 1.53. The summed E-state index contributed by atoms with van der Waals surface area (Å²) in [6.07, 6.45) is 3.80. The maximum absolute atomic E-state index is 12.0. The number of anilines is 2. The van der Waals surface area contributed by atoms with Crippen molar-refractivity contribution in [3.63, 3.8) is 0 Å². The van der Waals surface area contributed by atoms with Crippen LogP contribution in [0.4, 0.5) is 11.6 Å². The molecule has 1 aromatic rings. The molecule has 21 heavy (non-hydrogen) atoms. The second-order valence-electron chi connectivity index (χ2n) is 5.15. The van der Waals surface area contributed by atoms with Gasteiger partial charge in [-0.2, -0.15) is 11.8 Å². The molecule has 1 aromatic heterocycles. The van der Waals surface area contributed by atoms with Crippen LogP contribution in [0.25, 0.3) is 0 Å².